The normalized spacial score (nSPS) is 29.7. The highest BCUT2D eigenvalue weighted by Crippen LogP contribution is 2.34. The van der Waals surface area contributed by atoms with Crippen LogP contribution in [0.4, 0.5) is 0 Å². The van der Waals surface area contributed by atoms with Gasteiger partial charge in [0.05, 0.1) is 24.9 Å². The molecule has 11 nitrogen and oxygen atoms in total. The first-order valence-corrected chi connectivity index (χ1v) is 20.2. The molecule has 3 rings (SSSR count). The highest BCUT2D eigenvalue weighted by Gasteiger charge is 2.52. The Balaban J connectivity index is 1.87. The standard InChI is InChI=1S/C43H69NO10/c1-10-15-33(21-28(4)20-27(3)11-2)38(46)25-37(45)31(7)39(29(5)22-32-16-14-17-34(24-32)51-8)54-42(49)36-18-12-13-19-44(36)41(48)40(47)43(50)30(6)23-35(52-9)26-53-43/h10,21-22,27,30-37,39,45,50H,1,11-20,23-26H2,2-9H3/b28-21+,29-22+/t27-,30-,31-,32+,33-,34+,35+,36+,37+,39-,43-/m1/s1. The molecule has 2 saturated heterocycles. The van der Waals surface area contributed by atoms with Gasteiger partial charge in [0, 0.05) is 44.9 Å². The number of aliphatic hydroxyl groups is 2. The Bertz CT molecular complexity index is 1340. The van der Waals surface area contributed by atoms with Crippen LogP contribution >= 0.6 is 0 Å². The van der Waals surface area contributed by atoms with Gasteiger partial charge in [-0.2, -0.15) is 0 Å². The molecule has 0 aromatic carbocycles. The average Bonchev–Trinajstić information content (AvgIpc) is 3.16. The van der Waals surface area contributed by atoms with Crippen molar-refractivity contribution < 1.29 is 48.3 Å². The number of esters is 1. The summed E-state index contributed by atoms with van der Waals surface area (Å²) in [5.74, 6) is -6.42. The lowest BCUT2D eigenvalue weighted by molar-refractivity contribution is -0.258. The van der Waals surface area contributed by atoms with E-state index >= 15 is 0 Å². The molecule has 0 radical (unpaired) electrons. The summed E-state index contributed by atoms with van der Waals surface area (Å²) >= 11 is 0. The first kappa shape index (κ1) is 45.7. The quantitative estimate of drug-likeness (QED) is 0.0875. The summed E-state index contributed by atoms with van der Waals surface area (Å²) in [6.45, 7) is 15.6. The van der Waals surface area contributed by atoms with Crippen LogP contribution in [-0.4, -0.2) is 102 Å². The monoisotopic (exact) mass is 759 g/mol. The number of allylic oxidation sites excluding steroid dienone is 4. The second-order valence-corrected chi connectivity index (χ2v) is 16.4. The topological polar surface area (TPSA) is 149 Å². The number of piperidine rings is 1. The first-order chi connectivity index (χ1) is 25.6. The fraction of sp³-hybridized carbons (Fsp3) is 0.767. The number of aliphatic hydroxyl groups excluding tert-OH is 1. The van der Waals surface area contributed by atoms with Gasteiger partial charge in [-0.05, 0) is 89.0 Å². The lowest BCUT2D eigenvalue weighted by atomic mass is 9.82. The van der Waals surface area contributed by atoms with Gasteiger partial charge in [-0.1, -0.05) is 64.3 Å². The van der Waals surface area contributed by atoms with Gasteiger partial charge in [0.15, 0.2) is 0 Å². The van der Waals surface area contributed by atoms with E-state index in [9.17, 15) is 29.4 Å². The van der Waals surface area contributed by atoms with E-state index in [4.69, 9.17) is 18.9 Å². The number of Topliss-reactive ketones (excluding diaryl/α,β-unsaturated/α-hetero) is 2. The van der Waals surface area contributed by atoms with Crippen molar-refractivity contribution in [3.05, 3.63) is 36.0 Å². The van der Waals surface area contributed by atoms with Crippen molar-refractivity contribution in [3.8, 4) is 0 Å². The molecule has 54 heavy (non-hydrogen) atoms. The fourth-order valence-electron chi connectivity index (χ4n) is 8.30. The molecule has 11 atom stereocenters. The molecule has 3 aliphatic rings. The van der Waals surface area contributed by atoms with Crippen molar-refractivity contribution in [2.75, 3.05) is 27.4 Å². The Morgan fingerprint density at radius 2 is 1.70 bits per heavy atom. The third-order valence-corrected chi connectivity index (χ3v) is 12.0. The molecule has 1 aliphatic carbocycles. The van der Waals surface area contributed by atoms with Gasteiger partial charge in [0.2, 0.25) is 5.79 Å². The van der Waals surface area contributed by atoms with Crippen LogP contribution in [0.5, 0.6) is 0 Å². The number of methoxy groups -OCH3 is 2. The summed E-state index contributed by atoms with van der Waals surface area (Å²) in [5, 5.41) is 22.9. The minimum Gasteiger partial charge on any atom is -0.456 e. The minimum atomic E-state index is -2.34. The number of hydrogen-bond acceptors (Lipinski definition) is 10. The van der Waals surface area contributed by atoms with Gasteiger partial charge in [-0.3, -0.25) is 14.4 Å². The number of amides is 1. The van der Waals surface area contributed by atoms with Crippen LogP contribution in [-0.2, 0) is 38.1 Å². The number of ether oxygens (including phenoxy) is 4. The third kappa shape index (κ3) is 12.1. The molecule has 2 heterocycles. The number of likely N-dealkylation sites (tertiary alicyclic amines) is 1. The molecule has 11 heteroatoms. The Labute approximate surface area is 323 Å². The predicted molar refractivity (Wildman–Crippen MR) is 207 cm³/mol. The zero-order valence-corrected chi connectivity index (χ0v) is 34.2. The molecule has 0 aromatic rings. The molecule has 2 aliphatic heterocycles. The summed E-state index contributed by atoms with van der Waals surface area (Å²) in [4.78, 5) is 56.4. The number of carbonyl (C=O) groups is 4. The molecular weight excluding hydrogens is 690 g/mol. The van der Waals surface area contributed by atoms with Crippen LogP contribution in [0, 0.1) is 29.6 Å². The number of ketones is 2. The van der Waals surface area contributed by atoms with E-state index in [2.05, 4.69) is 26.5 Å². The van der Waals surface area contributed by atoms with Gasteiger partial charge in [-0.15, -0.1) is 6.58 Å². The van der Waals surface area contributed by atoms with Gasteiger partial charge < -0.3 is 34.1 Å². The molecule has 0 spiro atoms. The van der Waals surface area contributed by atoms with Crippen LogP contribution in [0.25, 0.3) is 0 Å². The van der Waals surface area contributed by atoms with Crippen LogP contribution in [0.15, 0.2) is 36.0 Å². The predicted octanol–water partition coefficient (Wildman–Crippen LogP) is 6.29. The summed E-state index contributed by atoms with van der Waals surface area (Å²) in [5.41, 5.74) is 1.87. The first-order valence-electron chi connectivity index (χ1n) is 20.2. The minimum absolute atomic E-state index is 0.0494. The maximum atomic E-state index is 14.2. The smallest absolute Gasteiger partial charge is 0.329 e. The van der Waals surface area contributed by atoms with Crippen LogP contribution in [0.1, 0.15) is 119 Å². The maximum absolute atomic E-state index is 14.2. The third-order valence-electron chi connectivity index (χ3n) is 12.0. The fourth-order valence-corrected chi connectivity index (χ4v) is 8.30. The van der Waals surface area contributed by atoms with Crippen LogP contribution in [0.2, 0.25) is 0 Å². The molecular formula is C43H69NO10. The lowest BCUT2D eigenvalue weighted by Crippen LogP contribution is -2.61. The van der Waals surface area contributed by atoms with E-state index < -0.39 is 59.5 Å². The average molecular weight is 760 g/mol. The number of hydrogen-bond donors (Lipinski definition) is 2. The van der Waals surface area contributed by atoms with Gasteiger partial charge in [0.1, 0.15) is 17.9 Å². The molecule has 0 unspecified atom stereocenters. The molecule has 2 N–H and O–H groups in total. The largest absolute Gasteiger partial charge is 0.456 e. The van der Waals surface area contributed by atoms with Crippen molar-refractivity contribution in [1.82, 2.24) is 4.90 Å². The second kappa shape index (κ2) is 21.6. The van der Waals surface area contributed by atoms with Gasteiger partial charge in [-0.25, -0.2) is 4.79 Å². The molecule has 1 saturated carbocycles. The number of rotatable bonds is 19. The Kier molecular flexibility index (Phi) is 18.2. The van der Waals surface area contributed by atoms with Crippen molar-refractivity contribution in [3.63, 3.8) is 0 Å². The Morgan fingerprint density at radius 3 is 2.33 bits per heavy atom. The lowest BCUT2D eigenvalue weighted by Gasteiger charge is -2.41. The summed E-state index contributed by atoms with van der Waals surface area (Å²) in [7, 11) is 3.23. The molecule has 306 valence electrons. The van der Waals surface area contributed by atoms with Crippen LogP contribution < -0.4 is 0 Å². The Morgan fingerprint density at radius 1 is 1.00 bits per heavy atom. The van der Waals surface area contributed by atoms with E-state index in [-0.39, 0.29) is 49.9 Å². The van der Waals surface area contributed by atoms with E-state index in [1.54, 1.807) is 27.0 Å². The van der Waals surface area contributed by atoms with Gasteiger partial charge >= 0.3 is 5.97 Å². The summed E-state index contributed by atoms with van der Waals surface area (Å²) in [6.07, 6.45) is 11.3. The van der Waals surface area contributed by atoms with Crippen molar-refractivity contribution in [2.24, 2.45) is 29.6 Å². The number of carbonyl (C=O) groups excluding carboxylic acids is 4. The van der Waals surface area contributed by atoms with E-state index in [1.807, 2.05) is 19.9 Å². The zero-order valence-electron chi connectivity index (χ0n) is 34.2. The van der Waals surface area contributed by atoms with Crippen LogP contribution in [0.3, 0.4) is 0 Å². The highest BCUT2D eigenvalue weighted by molar-refractivity contribution is 6.39. The summed E-state index contributed by atoms with van der Waals surface area (Å²) in [6, 6.07) is -1.08. The molecule has 3 fully saturated rings. The summed E-state index contributed by atoms with van der Waals surface area (Å²) < 4.78 is 22.8. The second-order valence-electron chi connectivity index (χ2n) is 16.4. The van der Waals surface area contributed by atoms with Gasteiger partial charge in [0.25, 0.3) is 11.7 Å². The molecule has 0 bridgehead atoms. The molecule has 1 amide bonds. The molecule has 0 aromatic heterocycles. The van der Waals surface area contributed by atoms with E-state index in [1.165, 1.54) is 12.0 Å². The maximum Gasteiger partial charge on any atom is 0.329 e. The van der Waals surface area contributed by atoms with Crippen molar-refractivity contribution >= 4 is 23.4 Å². The van der Waals surface area contributed by atoms with Crippen molar-refractivity contribution in [1.29, 1.82) is 0 Å². The SMILES string of the molecule is C=CC[C@H](/C=C(\C)C[C@H](C)CC)C(=O)C[C@H](O)[C@@H](C)[C@H](OC(=O)[C@@H]1CCCCN1C(=O)C(=O)[C@]1(O)OC[C@@H](OC)C[C@H]1C)/C(C)=C/[C@@H]1CCC[C@H](OC)C1. The highest BCUT2D eigenvalue weighted by atomic mass is 16.6. The Hall–Kier alpha value is -2.70. The van der Waals surface area contributed by atoms with E-state index in [0.29, 0.717) is 31.6 Å². The van der Waals surface area contributed by atoms with Crippen molar-refractivity contribution in [2.45, 2.75) is 155 Å². The van der Waals surface area contributed by atoms with E-state index in [0.717, 1.165) is 49.7 Å². The zero-order chi connectivity index (χ0) is 40.2. The number of nitrogens with zero attached hydrogens (tertiary/aromatic N) is 1.